The van der Waals surface area contributed by atoms with Crippen molar-refractivity contribution < 1.29 is 0 Å². The lowest BCUT2D eigenvalue weighted by molar-refractivity contribution is 1.63. The molecule has 0 nitrogen and oxygen atoms in total. The molecule has 0 bridgehead atoms. The first kappa shape index (κ1) is 10.1. The Labute approximate surface area is 102 Å². The van der Waals surface area contributed by atoms with Crippen LogP contribution in [0.3, 0.4) is 0 Å². The zero-order chi connectivity index (χ0) is 11.7. The maximum atomic E-state index is 5.77. The van der Waals surface area contributed by atoms with E-state index < -0.39 is 0 Å². The van der Waals surface area contributed by atoms with Gasteiger partial charge in [0.25, 0.3) is 0 Å². The van der Waals surface area contributed by atoms with Crippen molar-refractivity contribution in [3.8, 4) is 11.1 Å². The minimum Gasteiger partial charge on any atom is -0.0622 e. The van der Waals surface area contributed by atoms with E-state index in [9.17, 15) is 0 Å². The molecule has 0 unspecified atom stereocenters. The maximum absolute atomic E-state index is 5.77. The van der Waals surface area contributed by atoms with Crippen LogP contribution in [0.25, 0.3) is 21.9 Å². The van der Waals surface area contributed by atoms with Gasteiger partial charge in [-0.3, -0.25) is 0 Å². The minimum atomic E-state index is 0.810. The number of hydrogen-bond acceptors (Lipinski definition) is 0. The van der Waals surface area contributed by atoms with Crippen LogP contribution in [-0.4, -0.2) is 0 Å². The molecule has 3 aromatic carbocycles. The topological polar surface area (TPSA) is 0 Å². The van der Waals surface area contributed by atoms with E-state index in [1.165, 1.54) is 21.9 Å². The van der Waals surface area contributed by atoms with Gasteiger partial charge in [0.1, 0.15) is 0 Å². The molecule has 0 N–H and O–H groups in total. The summed E-state index contributed by atoms with van der Waals surface area (Å²) in [4.78, 5) is 0. The molecule has 0 aliphatic carbocycles. The molecule has 17 heavy (non-hydrogen) atoms. The molecule has 0 heteroatoms. The fourth-order valence-corrected chi connectivity index (χ4v) is 2.07. The summed E-state index contributed by atoms with van der Waals surface area (Å²) in [6, 6.07) is 22.9. The second-order valence-electron chi connectivity index (χ2n) is 4.19. The molecular formula is C17H12. The van der Waals surface area contributed by atoms with E-state index in [0.29, 0.717) is 0 Å². The lowest BCUT2D eigenvalue weighted by Crippen LogP contribution is -1.79. The van der Waals surface area contributed by atoms with Crippen molar-refractivity contribution >= 4 is 10.8 Å². The van der Waals surface area contributed by atoms with Gasteiger partial charge in [-0.25, -0.2) is 0 Å². The van der Waals surface area contributed by atoms with Crippen LogP contribution in [0.1, 0.15) is 5.56 Å². The molecule has 3 rings (SSSR count). The molecule has 2 radical (unpaired) electrons. The summed E-state index contributed by atoms with van der Waals surface area (Å²) in [7, 11) is 0. The largest absolute Gasteiger partial charge is 0.0622 e. The molecule has 80 valence electrons. The van der Waals surface area contributed by atoms with Gasteiger partial charge in [-0.05, 0) is 40.5 Å². The molecule has 0 aromatic heterocycles. The molecular weight excluding hydrogens is 204 g/mol. The smallest absolute Gasteiger partial charge is 0.00118 e. The summed E-state index contributed by atoms with van der Waals surface area (Å²) in [6.07, 6.45) is 0. The van der Waals surface area contributed by atoms with Gasteiger partial charge in [0.15, 0.2) is 0 Å². The molecule has 0 amide bonds. The van der Waals surface area contributed by atoms with Crippen LogP contribution in [0.5, 0.6) is 0 Å². The van der Waals surface area contributed by atoms with Crippen LogP contribution in [0.2, 0.25) is 0 Å². The molecule has 0 saturated heterocycles. The molecule has 0 atom stereocenters. The average Bonchev–Trinajstić information content (AvgIpc) is 2.39. The van der Waals surface area contributed by atoms with Crippen molar-refractivity contribution in [3.05, 3.63) is 79.2 Å². The third-order valence-corrected chi connectivity index (χ3v) is 2.97. The quantitative estimate of drug-likeness (QED) is 0.559. The Morgan fingerprint density at radius 1 is 0.588 bits per heavy atom. The van der Waals surface area contributed by atoms with Crippen LogP contribution in [0.15, 0.2) is 66.7 Å². The molecule has 0 fully saturated rings. The van der Waals surface area contributed by atoms with E-state index in [-0.39, 0.29) is 0 Å². The Kier molecular flexibility index (Phi) is 2.41. The van der Waals surface area contributed by atoms with Gasteiger partial charge in [0.05, 0.1) is 0 Å². The normalized spacial score (nSPS) is 10.6. The first-order valence-corrected chi connectivity index (χ1v) is 5.68. The van der Waals surface area contributed by atoms with Crippen molar-refractivity contribution in [2.24, 2.45) is 0 Å². The average molecular weight is 216 g/mol. The Morgan fingerprint density at radius 2 is 1.29 bits per heavy atom. The first-order chi connectivity index (χ1) is 8.33. The van der Waals surface area contributed by atoms with Crippen molar-refractivity contribution in [1.29, 1.82) is 0 Å². The maximum Gasteiger partial charge on any atom is -0.00118 e. The minimum absolute atomic E-state index is 0.810. The number of benzene rings is 3. The molecule has 0 saturated carbocycles. The monoisotopic (exact) mass is 216 g/mol. The number of hydrogen-bond donors (Lipinski definition) is 0. The lowest BCUT2D eigenvalue weighted by Gasteiger charge is -2.04. The standard InChI is InChI=1S/C17H12/c1-13-7-8-17-12-16(10-9-15(17)11-13)14-5-3-2-4-6-14/h1-12H. The third kappa shape index (κ3) is 1.94. The molecule has 0 spiro atoms. The zero-order valence-electron chi connectivity index (χ0n) is 9.43. The highest BCUT2D eigenvalue weighted by Gasteiger charge is 1.99. The van der Waals surface area contributed by atoms with Crippen molar-refractivity contribution in [3.63, 3.8) is 0 Å². The molecule has 0 aliphatic heterocycles. The van der Waals surface area contributed by atoms with Gasteiger partial charge < -0.3 is 0 Å². The van der Waals surface area contributed by atoms with Gasteiger partial charge >= 0.3 is 0 Å². The highest BCUT2D eigenvalue weighted by Crippen LogP contribution is 2.24. The summed E-state index contributed by atoms with van der Waals surface area (Å²) in [5, 5.41) is 2.41. The van der Waals surface area contributed by atoms with Crippen molar-refractivity contribution in [2.45, 2.75) is 0 Å². The van der Waals surface area contributed by atoms with E-state index in [1.807, 2.05) is 18.2 Å². The van der Waals surface area contributed by atoms with Crippen molar-refractivity contribution in [1.82, 2.24) is 0 Å². The van der Waals surface area contributed by atoms with E-state index in [2.05, 4.69) is 48.5 Å². The van der Waals surface area contributed by atoms with E-state index in [1.54, 1.807) is 0 Å². The Bertz CT molecular complexity index is 651. The van der Waals surface area contributed by atoms with Crippen LogP contribution < -0.4 is 0 Å². The van der Waals surface area contributed by atoms with Crippen molar-refractivity contribution in [2.75, 3.05) is 0 Å². The predicted molar refractivity (Wildman–Crippen MR) is 72.8 cm³/mol. The van der Waals surface area contributed by atoms with E-state index >= 15 is 0 Å². The Hall–Kier alpha value is -2.08. The van der Waals surface area contributed by atoms with E-state index in [0.717, 1.165) is 5.56 Å². The van der Waals surface area contributed by atoms with Crippen LogP contribution >= 0.6 is 0 Å². The van der Waals surface area contributed by atoms with Gasteiger partial charge in [-0.2, -0.15) is 0 Å². The highest BCUT2D eigenvalue weighted by atomic mass is 14.0. The number of rotatable bonds is 1. The van der Waals surface area contributed by atoms with Gasteiger partial charge in [0, 0.05) is 0 Å². The molecule has 3 aromatic rings. The summed E-state index contributed by atoms with van der Waals surface area (Å²) in [5.41, 5.74) is 3.29. The first-order valence-electron chi connectivity index (χ1n) is 5.68. The van der Waals surface area contributed by atoms with Gasteiger partial charge in [-0.15, -0.1) is 0 Å². The SMILES string of the molecule is [CH]c1ccc2cc(-c3ccccc3)ccc2c1. The third-order valence-electron chi connectivity index (χ3n) is 2.97. The summed E-state index contributed by atoms with van der Waals surface area (Å²) in [5.74, 6) is 0. The lowest BCUT2D eigenvalue weighted by atomic mass is 10.0. The van der Waals surface area contributed by atoms with E-state index in [4.69, 9.17) is 6.92 Å². The second kappa shape index (κ2) is 4.06. The summed E-state index contributed by atoms with van der Waals surface area (Å²) >= 11 is 0. The molecule has 0 aliphatic rings. The fourth-order valence-electron chi connectivity index (χ4n) is 2.07. The summed E-state index contributed by atoms with van der Waals surface area (Å²) < 4.78 is 0. The predicted octanol–water partition coefficient (Wildman–Crippen LogP) is 4.57. The van der Waals surface area contributed by atoms with Gasteiger partial charge in [0.2, 0.25) is 0 Å². The van der Waals surface area contributed by atoms with Gasteiger partial charge in [-0.1, -0.05) is 60.7 Å². The van der Waals surface area contributed by atoms with Crippen LogP contribution in [0.4, 0.5) is 0 Å². The number of fused-ring (bicyclic) bond motifs is 1. The fraction of sp³-hybridized carbons (Fsp3) is 0. The zero-order valence-corrected chi connectivity index (χ0v) is 9.43. The Balaban J connectivity index is 2.17. The Morgan fingerprint density at radius 3 is 2.12 bits per heavy atom. The van der Waals surface area contributed by atoms with Crippen LogP contribution in [-0.2, 0) is 0 Å². The summed E-state index contributed by atoms with van der Waals surface area (Å²) in [6.45, 7) is 5.77. The highest BCUT2D eigenvalue weighted by molar-refractivity contribution is 5.87. The molecule has 0 heterocycles. The second-order valence-corrected chi connectivity index (χ2v) is 4.19. The van der Waals surface area contributed by atoms with Crippen LogP contribution in [0, 0.1) is 6.92 Å².